The van der Waals surface area contributed by atoms with Crippen LogP contribution in [0.1, 0.15) is 5.56 Å². The molecule has 2 aromatic rings. The molecule has 0 bridgehead atoms. The third-order valence-corrected chi connectivity index (χ3v) is 3.47. The minimum absolute atomic E-state index is 0.683. The van der Waals surface area contributed by atoms with Crippen LogP contribution in [0.2, 0.25) is 0 Å². The third kappa shape index (κ3) is 3.17. The first-order valence-electron chi connectivity index (χ1n) is 4.90. The molecular formula is C13H8BrCl3. The molecule has 0 aromatic heterocycles. The van der Waals surface area contributed by atoms with Crippen molar-refractivity contribution < 1.29 is 0 Å². The zero-order chi connectivity index (χ0) is 12.5. The Morgan fingerprint density at radius 3 is 2.24 bits per heavy atom. The summed E-state index contributed by atoms with van der Waals surface area (Å²) in [4.78, 5) is 0. The van der Waals surface area contributed by atoms with Gasteiger partial charge in [0.25, 0.3) is 0 Å². The summed E-state index contributed by atoms with van der Waals surface area (Å²) in [6.07, 6.45) is 0. The van der Waals surface area contributed by atoms with E-state index in [4.69, 9.17) is 34.8 Å². The van der Waals surface area contributed by atoms with Crippen molar-refractivity contribution in [3.63, 3.8) is 0 Å². The Kier molecular flexibility index (Phi) is 4.04. The van der Waals surface area contributed by atoms with E-state index in [0.29, 0.717) is 5.56 Å². The summed E-state index contributed by atoms with van der Waals surface area (Å²) in [5, 5.41) is 0. The molecule has 0 aliphatic carbocycles. The molecule has 88 valence electrons. The number of benzene rings is 2. The van der Waals surface area contributed by atoms with E-state index in [-0.39, 0.29) is 0 Å². The third-order valence-electron chi connectivity index (χ3n) is 2.37. The van der Waals surface area contributed by atoms with E-state index in [1.807, 2.05) is 48.5 Å². The number of hydrogen-bond acceptors (Lipinski definition) is 0. The van der Waals surface area contributed by atoms with Gasteiger partial charge in [-0.2, -0.15) is 0 Å². The second-order valence-electron chi connectivity index (χ2n) is 3.55. The van der Waals surface area contributed by atoms with Crippen molar-refractivity contribution in [3.8, 4) is 11.1 Å². The van der Waals surface area contributed by atoms with E-state index in [2.05, 4.69) is 15.9 Å². The molecule has 0 atom stereocenters. The molecule has 2 rings (SSSR count). The summed E-state index contributed by atoms with van der Waals surface area (Å²) in [7, 11) is 0. The van der Waals surface area contributed by atoms with Gasteiger partial charge in [0.05, 0.1) is 0 Å². The fraction of sp³-hybridized carbons (Fsp3) is 0.0769. The first kappa shape index (κ1) is 13.2. The van der Waals surface area contributed by atoms with E-state index in [1.54, 1.807) is 0 Å². The summed E-state index contributed by atoms with van der Waals surface area (Å²) in [6, 6.07) is 15.4. The van der Waals surface area contributed by atoms with Gasteiger partial charge in [0.2, 0.25) is 3.79 Å². The van der Waals surface area contributed by atoms with Crippen molar-refractivity contribution in [2.24, 2.45) is 0 Å². The van der Waals surface area contributed by atoms with Crippen LogP contribution in [0, 0.1) is 0 Å². The topological polar surface area (TPSA) is 0 Å². The van der Waals surface area contributed by atoms with Crippen LogP contribution in [0.4, 0.5) is 0 Å². The molecule has 0 saturated carbocycles. The van der Waals surface area contributed by atoms with Crippen molar-refractivity contribution >= 4 is 50.7 Å². The SMILES string of the molecule is ClC(Cl)(Cl)c1ccccc1-c1cccc(Br)c1. The largest absolute Gasteiger partial charge is 0.216 e. The lowest BCUT2D eigenvalue weighted by Gasteiger charge is -2.16. The smallest absolute Gasteiger partial charge is 0.0784 e. The molecule has 0 aliphatic heterocycles. The molecule has 0 fully saturated rings. The monoisotopic (exact) mass is 348 g/mol. The maximum atomic E-state index is 5.97. The van der Waals surface area contributed by atoms with Gasteiger partial charge in [0.1, 0.15) is 0 Å². The standard InChI is InChI=1S/C13H8BrCl3/c14-10-5-3-4-9(8-10)11-6-1-2-7-12(11)13(15,16)17/h1-8H. The highest BCUT2D eigenvalue weighted by atomic mass is 79.9. The average Bonchev–Trinajstić information content (AvgIpc) is 2.28. The summed E-state index contributed by atoms with van der Waals surface area (Å²) in [6.45, 7) is 0. The quantitative estimate of drug-likeness (QED) is 0.558. The molecule has 17 heavy (non-hydrogen) atoms. The van der Waals surface area contributed by atoms with Gasteiger partial charge in [0, 0.05) is 10.0 Å². The molecule has 0 amide bonds. The minimum Gasteiger partial charge on any atom is -0.0784 e. The van der Waals surface area contributed by atoms with E-state index < -0.39 is 3.79 Å². The molecule has 0 saturated heterocycles. The maximum absolute atomic E-state index is 5.97. The second kappa shape index (κ2) is 5.19. The van der Waals surface area contributed by atoms with Crippen molar-refractivity contribution in [1.82, 2.24) is 0 Å². The molecule has 0 aliphatic rings. The molecule has 0 spiro atoms. The highest BCUT2D eigenvalue weighted by Gasteiger charge is 2.26. The lowest BCUT2D eigenvalue weighted by molar-refractivity contribution is 1.24. The summed E-state index contributed by atoms with van der Waals surface area (Å²) < 4.78 is -0.423. The van der Waals surface area contributed by atoms with Crippen LogP contribution in [0.5, 0.6) is 0 Å². The van der Waals surface area contributed by atoms with E-state index in [0.717, 1.165) is 15.6 Å². The second-order valence-corrected chi connectivity index (χ2v) is 6.75. The van der Waals surface area contributed by atoms with Crippen LogP contribution in [0.3, 0.4) is 0 Å². The van der Waals surface area contributed by atoms with Gasteiger partial charge < -0.3 is 0 Å². The predicted molar refractivity (Wildman–Crippen MR) is 78.8 cm³/mol. The van der Waals surface area contributed by atoms with Gasteiger partial charge in [-0.05, 0) is 23.3 Å². The highest BCUT2D eigenvalue weighted by molar-refractivity contribution is 9.10. The van der Waals surface area contributed by atoms with Gasteiger partial charge in [-0.15, -0.1) is 0 Å². The Labute approximate surface area is 124 Å². The van der Waals surface area contributed by atoms with Crippen LogP contribution in [-0.2, 0) is 3.79 Å². The first-order chi connectivity index (χ1) is 7.98. The fourth-order valence-corrected chi connectivity index (χ4v) is 2.53. The predicted octanol–water partition coefficient (Wildman–Crippen LogP) is 5.94. The molecule has 0 nitrogen and oxygen atoms in total. The normalized spacial score (nSPS) is 11.5. The number of alkyl halides is 3. The van der Waals surface area contributed by atoms with Gasteiger partial charge in [-0.25, -0.2) is 0 Å². The van der Waals surface area contributed by atoms with Gasteiger partial charge in [-0.3, -0.25) is 0 Å². The molecule has 0 radical (unpaired) electrons. The van der Waals surface area contributed by atoms with Crippen molar-refractivity contribution in [2.75, 3.05) is 0 Å². The molecule has 0 unspecified atom stereocenters. The number of rotatable bonds is 1. The van der Waals surface area contributed by atoms with Crippen LogP contribution in [-0.4, -0.2) is 0 Å². The fourth-order valence-electron chi connectivity index (χ4n) is 1.64. The van der Waals surface area contributed by atoms with Gasteiger partial charge in [-0.1, -0.05) is 87.1 Å². The molecule has 0 N–H and O–H groups in total. The van der Waals surface area contributed by atoms with E-state index in [1.165, 1.54) is 0 Å². The van der Waals surface area contributed by atoms with Crippen molar-refractivity contribution in [1.29, 1.82) is 0 Å². The van der Waals surface area contributed by atoms with Gasteiger partial charge in [0.15, 0.2) is 0 Å². The van der Waals surface area contributed by atoms with Crippen LogP contribution in [0.25, 0.3) is 11.1 Å². The summed E-state index contributed by atoms with van der Waals surface area (Å²) >= 11 is 21.4. The van der Waals surface area contributed by atoms with E-state index in [9.17, 15) is 0 Å². The Hall–Kier alpha value is -0.210. The Bertz CT molecular complexity index is 532. The zero-order valence-corrected chi connectivity index (χ0v) is 12.5. The molecular weight excluding hydrogens is 342 g/mol. The first-order valence-corrected chi connectivity index (χ1v) is 6.83. The maximum Gasteiger partial charge on any atom is 0.216 e. The van der Waals surface area contributed by atoms with E-state index >= 15 is 0 Å². The summed E-state index contributed by atoms with van der Waals surface area (Å²) in [5.41, 5.74) is 2.62. The van der Waals surface area contributed by atoms with Crippen LogP contribution < -0.4 is 0 Å². The van der Waals surface area contributed by atoms with Crippen LogP contribution >= 0.6 is 50.7 Å². The lowest BCUT2D eigenvalue weighted by atomic mass is 10.0. The lowest BCUT2D eigenvalue weighted by Crippen LogP contribution is -2.02. The Balaban J connectivity index is 2.60. The van der Waals surface area contributed by atoms with Gasteiger partial charge >= 0.3 is 0 Å². The van der Waals surface area contributed by atoms with Crippen molar-refractivity contribution in [3.05, 3.63) is 58.6 Å². The molecule has 2 aromatic carbocycles. The molecule has 0 heterocycles. The summed E-state index contributed by atoms with van der Waals surface area (Å²) in [5.74, 6) is 0. The average molecular weight is 350 g/mol. The Morgan fingerprint density at radius 2 is 1.59 bits per heavy atom. The minimum atomic E-state index is -1.42. The van der Waals surface area contributed by atoms with Crippen LogP contribution in [0.15, 0.2) is 53.0 Å². The number of hydrogen-bond donors (Lipinski definition) is 0. The highest BCUT2D eigenvalue weighted by Crippen LogP contribution is 2.43. The molecule has 4 heteroatoms. The Morgan fingerprint density at radius 1 is 0.882 bits per heavy atom. The van der Waals surface area contributed by atoms with Crippen molar-refractivity contribution in [2.45, 2.75) is 3.79 Å². The zero-order valence-electron chi connectivity index (χ0n) is 8.63. The number of halogens is 4.